The van der Waals surface area contributed by atoms with Gasteiger partial charge < -0.3 is 19.4 Å². The molecular formula is C31H43IN6O8. The van der Waals surface area contributed by atoms with Gasteiger partial charge in [-0.2, -0.15) is 0 Å². The number of hydrogen-bond donors (Lipinski definition) is 3. The van der Waals surface area contributed by atoms with Gasteiger partial charge in [-0.05, 0) is 12.0 Å². The van der Waals surface area contributed by atoms with Crippen molar-refractivity contribution in [1.29, 1.82) is 0 Å². The van der Waals surface area contributed by atoms with Crippen molar-refractivity contribution in [2.75, 3.05) is 71.3 Å². The molecule has 15 heteroatoms. The van der Waals surface area contributed by atoms with Gasteiger partial charge in [-0.1, -0.05) is 32.0 Å². The normalized spacial score (nSPS) is 13.7. The standard InChI is InChI=1S/C31H43IN6O8/c1-23(2)21-37-22-34-29-30(37)24-5-3-4-6-25(24)35-31(29)36-28(41)9-13-43-15-17-45-19-20-46-18-16-44-14-11-33-27(40)8-12-38(42)32-10-7-26(32)39/h3-7,10,22-23,42H,8-9,11-21H2,1-2H3,(H,33,40)(H,35,36,41). The van der Waals surface area contributed by atoms with Crippen LogP contribution in [0.4, 0.5) is 5.82 Å². The summed E-state index contributed by atoms with van der Waals surface area (Å²) >= 11 is -2.20. The summed E-state index contributed by atoms with van der Waals surface area (Å²) in [6.45, 7) is 8.54. The number of allylic oxidation sites excluding steroid dienone is 1. The SMILES string of the molecule is CC(C)Cn1cnc2c(NC(=O)CCOCCOCCOCCOCCNC(=O)CCN(O)I3C=CC3=O)nc3ccccc3c21. The number of imidazole rings is 1. The van der Waals surface area contributed by atoms with Gasteiger partial charge in [0, 0.05) is 11.9 Å². The summed E-state index contributed by atoms with van der Waals surface area (Å²) in [4.78, 5) is 45.0. The molecule has 3 aromatic rings. The molecule has 1 aromatic carbocycles. The molecule has 0 atom stereocenters. The topological polar surface area (TPSA) is 166 Å². The molecule has 1 aliphatic rings. The summed E-state index contributed by atoms with van der Waals surface area (Å²) in [5.74, 6) is 0.489. The third kappa shape index (κ3) is 11.0. The number of halogens is 1. The van der Waals surface area contributed by atoms with E-state index in [1.807, 2.05) is 24.3 Å². The fraction of sp³-hybridized carbons (Fsp3) is 0.516. The summed E-state index contributed by atoms with van der Waals surface area (Å²) < 4.78 is 26.8. The van der Waals surface area contributed by atoms with Gasteiger partial charge in [0.25, 0.3) is 0 Å². The van der Waals surface area contributed by atoms with Crippen molar-refractivity contribution in [3.8, 4) is 0 Å². The molecule has 3 heterocycles. The third-order valence-electron chi connectivity index (χ3n) is 6.67. The second-order valence-electron chi connectivity index (χ2n) is 10.8. The zero-order chi connectivity index (χ0) is 32.7. The van der Waals surface area contributed by atoms with Gasteiger partial charge in [0.1, 0.15) is 5.52 Å². The molecule has 2 aromatic heterocycles. The number of hydrogen-bond acceptors (Lipinski definition) is 11. The Morgan fingerprint density at radius 2 is 1.63 bits per heavy atom. The second kappa shape index (κ2) is 18.9. The molecule has 46 heavy (non-hydrogen) atoms. The first-order chi connectivity index (χ1) is 22.3. The largest absolute Gasteiger partial charge is 0.228 e. The number of anilines is 1. The number of aromatic nitrogens is 3. The number of rotatable bonds is 22. The summed E-state index contributed by atoms with van der Waals surface area (Å²) in [6, 6.07) is 7.86. The number of amides is 2. The minimum absolute atomic E-state index is 0.0129. The summed E-state index contributed by atoms with van der Waals surface area (Å²) in [6.07, 6.45) is 3.56. The van der Waals surface area contributed by atoms with E-state index in [0.717, 1.165) is 26.2 Å². The summed E-state index contributed by atoms with van der Waals surface area (Å²) in [5, 5.41) is 16.4. The van der Waals surface area contributed by atoms with E-state index in [4.69, 9.17) is 18.9 Å². The third-order valence-corrected chi connectivity index (χ3v) is 10.8. The zero-order valence-corrected chi connectivity index (χ0v) is 28.4. The Labute approximate surface area is 275 Å². The van der Waals surface area contributed by atoms with Crippen LogP contribution >= 0.6 is 20.1 Å². The smallest absolute Gasteiger partial charge is 0.0813 e. The Kier molecular flexibility index (Phi) is 14.7. The average Bonchev–Trinajstić information content (AvgIpc) is 3.44. The minimum Gasteiger partial charge on any atom is -0.228 e. The molecule has 4 rings (SSSR count). The van der Waals surface area contributed by atoms with E-state index < -0.39 is 20.1 Å². The Morgan fingerprint density at radius 3 is 2.28 bits per heavy atom. The number of para-hydroxylation sites is 1. The molecule has 2 amide bonds. The van der Waals surface area contributed by atoms with Crippen molar-refractivity contribution in [3.05, 3.63) is 40.8 Å². The van der Waals surface area contributed by atoms with Gasteiger partial charge in [-0.15, -0.1) is 0 Å². The first kappa shape index (κ1) is 35.8. The van der Waals surface area contributed by atoms with Gasteiger partial charge in [0.15, 0.2) is 5.82 Å². The molecular weight excluding hydrogens is 711 g/mol. The number of ether oxygens (including phenoxy) is 4. The van der Waals surface area contributed by atoms with Gasteiger partial charge in [-0.25, -0.2) is 9.97 Å². The Balaban J connectivity index is 0.983. The maximum atomic E-state index is 12.7. The predicted octanol–water partition coefficient (Wildman–Crippen LogP) is 3.31. The molecule has 0 fully saturated rings. The van der Waals surface area contributed by atoms with Crippen molar-refractivity contribution in [2.24, 2.45) is 5.92 Å². The van der Waals surface area contributed by atoms with Crippen LogP contribution < -0.4 is 10.6 Å². The van der Waals surface area contributed by atoms with Gasteiger partial charge >= 0.3 is 119 Å². The second-order valence-corrected chi connectivity index (χ2v) is 15.3. The molecule has 0 aliphatic carbocycles. The first-order valence-electron chi connectivity index (χ1n) is 15.3. The molecule has 0 radical (unpaired) electrons. The van der Waals surface area contributed by atoms with Crippen LogP contribution in [0.2, 0.25) is 0 Å². The fourth-order valence-electron chi connectivity index (χ4n) is 4.49. The minimum atomic E-state index is -2.20. The molecule has 0 spiro atoms. The van der Waals surface area contributed by atoms with E-state index in [1.165, 1.54) is 6.08 Å². The maximum Gasteiger partial charge on any atom is 0.0813 e. The van der Waals surface area contributed by atoms with Crippen LogP contribution in [0.15, 0.2) is 40.8 Å². The average molecular weight is 755 g/mol. The van der Waals surface area contributed by atoms with Crippen molar-refractivity contribution < 1.29 is 38.5 Å². The first-order valence-corrected chi connectivity index (χ1v) is 18.6. The van der Waals surface area contributed by atoms with E-state index in [-0.39, 0.29) is 41.6 Å². The van der Waals surface area contributed by atoms with Crippen LogP contribution in [0.3, 0.4) is 0 Å². The number of hydroxylamine groups is 1. The van der Waals surface area contributed by atoms with Crippen LogP contribution in [0.1, 0.15) is 26.7 Å². The number of nitrogens with one attached hydrogen (secondary N) is 2. The quantitative estimate of drug-likeness (QED) is 0.0453. The number of nitrogens with zero attached hydrogens (tertiary/aromatic N) is 4. The van der Waals surface area contributed by atoms with E-state index in [1.54, 1.807) is 10.4 Å². The Morgan fingerprint density at radius 1 is 0.957 bits per heavy atom. The molecule has 252 valence electrons. The Bertz CT molecular complexity index is 1480. The van der Waals surface area contributed by atoms with Gasteiger partial charge in [0.05, 0.1) is 50.2 Å². The number of fused-ring (bicyclic) bond motifs is 3. The molecule has 14 nitrogen and oxygen atoms in total. The zero-order valence-electron chi connectivity index (χ0n) is 26.3. The molecule has 0 bridgehead atoms. The fourth-order valence-corrected chi connectivity index (χ4v) is 7.15. The molecule has 0 unspecified atom stereocenters. The maximum absolute atomic E-state index is 12.7. The molecule has 1 aliphatic heterocycles. The number of benzene rings is 1. The number of carbonyl (C=O) groups is 3. The van der Waals surface area contributed by atoms with Crippen molar-refractivity contribution in [1.82, 2.24) is 23.1 Å². The van der Waals surface area contributed by atoms with Gasteiger partial charge in [-0.3, -0.25) is 4.79 Å². The molecule has 0 saturated heterocycles. The van der Waals surface area contributed by atoms with Crippen LogP contribution in [0, 0.1) is 5.92 Å². The van der Waals surface area contributed by atoms with E-state index in [9.17, 15) is 19.6 Å². The van der Waals surface area contributed by atoms with Crippen molar-refractivity contribution in [3.63, 3.8) is 0 Å². The molecule has 3 N–H and O–H groups in total. The monoisotopic (exact) mass is 754 g/mol. The van der Waals surface area contributed by atoms with Crippen LogP contribution in [-0.4, -0.2) is 105 Å². The van der Waals surface area contributed by atoms with Crippen molar-refractivity contribution in [2.45, 2.75) is 33.2 Å². The van der Waals surface area contributed by atoms with Gasteiger partial charge in [0.2, 0.25) is 5.91 Å². The van der Waals surface area contributed by atoms with E-state index in [2.05, 4.69) is 39.0 Å². The van der Waals surface area contributed by atoms with E-state index >= 15 is 0 Å². The number of pyridine rings is 1. The van der Waals surface area contributed by atoms with E-state index in [0.29, 0.717) is 70.0 Å². The number of carbonyl (C=O) groups excluding carboxylic acids is 3. The predicted molar refractivity (Wildman–Crippen MR) is 181 cm³/mol. The summed E-state index contributed by atoms with van der Waals surface area (Å²) in [7, 11) is 0. The Hall–Kier alpha value is -3.06. The van der Waals surface area contributed by atoms with Crippen molar-refractivity contribution >= 4 is 63.5 Å². The van der Waals surface area contributed by atoms with Crippen LogP contribution in [0.5, 0.6) is 0 Å². The summed E-state index contributed by atoms with van der Waals surface area (Å²) in [5.41, 5.74) is 2.44. The molecule has 0 saturated carbocycles. The van der Waals surface area contributed by atoms with Crippen LogP contribution in [-0.2, 0) is 39.9 Å². The van der Waals surface area contributed by atoms with Crippen LogP contribution in [0.25, 0.3) is 21.9 Å².